The molecule has 5 nitrogen and oxygen atoms in total. The van der Waals surface area contributed by atoms with Crippen LogP contribution in [0.25, 0.3) is 6.08 Å². The van der Waals surface area contributed by atoms with Crippen molar-refractivity contribution < 1.29 is 14.4 Å². The molecule has 1 atom stereocenters. The van der Waals surface area contributed by atoms with Crippen molar-refractivity contribution in [3.63, 3.8) is 0 Å². The van der Waals surface area contributed by atoms with Crippen LogP contribution in [0.2, 0.25) is 0 Å². The molecular formula is C20H19BrN2O3S. The quantitative estimate of drug-likeness (QED) is 0.532. The van der Waals surface area contributed by atoms with Crippen LogP contribution < -0.4 is 10.6 Å². The van der Waals surface area contributed by atoms with Crippen molar-refractivity contribution in [1.82, 2.24) is 5.32 Å². The zero-order valence-corrected chi connectivity index (χ0v) is 17.2. The van der Waals surface area contributed by atoms with Gasteiger partial charge in [0, 0.05) is 23.1 Å². The van der Waals surface area contributed by atoms with Crippen LogP contribution in [0.15, 0.2) is 46.3 Å². The molecular weight excluding hydrogens is 428 g/mol. The Kier molecular flexibility index (Phi) is 5.92. The Labute approximate surface area is 170 Å². The summed E-state index contributed by atoms with van der Waals surface area (Å²) in [4.78, 5) is 37.0. The predicted octanol–water partition coefficient (Wildman–Crippen LogP) is 4.25. The van der Waals surface area contributed by atoms with E-state index in [2.05, 4.69) is 26.6 Å². The average molecular weight is 447 g/mol. The van der Waals surface area contributed by atoms with E-state index in [1.807, 2.05) is 31.2 Å². The van der Waals surface area contributed by atoms with Crippen molar-refractivity contribution in [3.05, 3.63) is 56.7 Å². The number of benzene rings is 1. The minimum atomic E-state index is -0.692. The highest BCUT2D eigenvalue weighted by Crippen LogP contribution is 2.36. The fourth-order valence-electron chi connectivity index (χ4n) is 3.20. The first-order valence-electron chi connectivity index (χ1n) is 8.62. The van der Waals surface area contributed by atoms with Gasteiger partial charge in [0.25, 0.3) is 0 Å². The number of amides is 3. The second-order valence-electron chi connectivity index (χ2n) is 6.35. The monoisotopic (exact) mass is 446 g/mol. The molecule has 0 radical (unpaired) electrons. The molecule has 27 heavy (non-hydrogen) atoms. The van der Waals surface area contributed by atoms with E-state index in [-0.39, 0.29) is 17.7 Å². The van der Waals surface area contributed by atoms with Crippen LogP contribution in [0.3, 0.4) is 0 Å². The molecule has 1 saturated heterocycles. The molecule has 0 saturated carbocycles. The lowest BCUT2D eigenvalue weighted by Crippen LogP contribution is -2.51. The van der Waals surface area contributed by atoms with Gasteiger partial charge < -0.3 is 5.32 Å². The minimum absolute atomic E-state index is 0.224. The maximum absolute atomic E-state index is 12.4. The highest BCUT2D eigenvalue weighted by atomic mass is 79.9. The number of piperidine rings is 1. The first-order valence-corrected chi connectivity index (χ1v) is 10.2. The van der Waals surface area contributed by atoms with Crippen molar-refractivity contribution in [2.45, 2.75) is 31.6 Å². The molecule has 1 aliphatic rings. The third kappa shape index (κ3) is 4.36. The summed E-state index contributed by atoms with van der Waals surface area (Å²) in [7, 11) is 0. The Bertz CT molecular complexity index is 904. The van der Waals surface area contributed by atoms with Crippen LogP contribution in [0.1, 0.15) is 36.6 Å². The molecule has 3 amide bonds. The lowest BCUT2D eigenvalue weighted by Gasteiger charge is -2.35. The Hall–Kier alpha value is -2.25. The summed E-state index contributed by atoms with van der Waals surface area (Å²) in [6.45, 7) is 1.94. The zero-order chi connectivity index (χ0) is 19.4. The lowest BCUT2D eigenvalue weighted by molar-refractivity contribution is -0.138. The largest absolute Gasteiger partial charge is 0.323 e. The summed E-state index contributed by atoms with van der Waals surface area (Å²) in [5.74, 6) is -0.695. The third-order valence-corrected chi connectivity index (χ3v) is 6.36. The number of hydrogen-bond acceptors (Lipinski definition) is 4. The average Bonchev–Trinajstić information content (AvgIpc) is 3.07. The van der Waals surface area contributed by atoms with Gasteiger partial charge in [0.05, 0.1) is 9.20 Å². The molecule has 2 N–H and O–H groups in total. The van der Waals surface area contributed by atoms with Crippen molar-refractivity contribution in [2.75, 3.05) is 5.32 Å². The number of rotatable bonds is 5. The molecule has 1 aromatic carbocycles. The van der Waals surface area contributed by atoms with E-state index in [1.165, 1.54) is 6.08 Å². The van der Waals surface area contributed by atoms with Crippen molar-refractivity contribution in [2.24, 2.45) is 0 Å². The first-order chi connectivity index (χ1) is 12.9. The zero-order valence-electron chi connectivity index (χ0n) is 14.8. The van der Waals surface area contributed by atoms with Gasteiger partial charge in [0.2, 0.25) is 17.7 Å². The maximum atomic E-state index is 12.4. The van der Waals surface area contributed by atoms with E-state index < -0.39 is 5.41 Å². The molecule has 2 heterocycles. The summed E-state index contributed by atoms with van der Waals surface area (Å²) in [6.07, 6.45) is 4.69. The molecule has 0 aliphatic carbocycles. The fraction of sp³-hybridized carbons (Fsp3) is 0.250. The molecule has 1 aromatic heterocycles. The number of carbonyl (C=O) groups excluding carboxylic acids is 3. The van der Waals surface area contributed by atoms with E-state index in [1.54, 1.807) is 29.5 Å². The Balaban J connectivity index is 1.69. The predicted molar refractivity (Wildman–Crippen MR) is 110 cm³/mol. The van der Waals surface area contributed by atoms with Gasteiger partial charge in [-0.15, -0.1) is 11.3 Å². The van der Waals surface area contributed by atoms with Gasteiger partial charge in [-0.3, -0.25) is 19.7 Å². The van der Waals surface area contributed by atoms with Crippen LogP contribution in [0, 0.1) is 0 Å². The Morgan fingerprint density at radius 2 is 2.00 bits per heavy atom. The fourth-order valence-corrected chi connectivity index (χ4v) is 4.52. The first kappa shape index (κ1) is 19.5. The normalized spacial score (nSPS) is 19.9. The minimum Gasteiger partial charge on any atom is -0.323 e. The van der Waals surface area contributed by atoms with Gasteiger partial charge in [-0.1, -0.05) is 19.1 Å². The molecule has 3 rings (SSSR count). The summed E-state index contributed by atoms with van der Waals surface area (Å²) in [6, 6.07) is 11.1. The molecule has 0 bridgehead atoms. The summed E-state index contributed by atoms with van der Waals surface area (Å²) < 4.78 is 1.01. The van der Waals surface area contributed by atoms with E-state index >= 15 is 0 Å². The van der Waals surface area contributed by atoms with Crippen LogP contribution in [0.4, 0.5) is 5.69 Å². The van der Waals surface area contributed by atoms with E-state index in [0.717, 1.165) is 14.2 Å². The summed E-state index contributed by atoms with van der Waals surface area (Å²) in [5.41, 5.74) is 0.814. The number of carbonyl (C=O) groups is 3. The molecule has 1 unspecified atom stereocenters. The van der Waals surface area contributed by atoms with E-state index in [4.69, 9.17) is 0 Å². The second kappa shape index (κ2) is 8.19. The van der Waals surface area contributed by atoms with Gasteiger partial charge in [-0.25, -0.2) is 0 Å². The van der Waals surface area contributed by atoms with Gasteiger partial charge in [0.1, 0.15) is 0 Å². The number of nitrogens with one attached hydrogen (secondary N) is 2. The summed E-state index contributed by atoms with van der Waals surface area (Å²) >= 11 is 4.93. The van der Waals surface area contributed by atoms with Crippen LogP contribution >= 0.6 is 27.3 Å². The standard InChI is InChI=1S/C20H19BrN2O3S/c1-2-20(12-11-18(25)23-19(20)26)13-3-5-14(6-4-13)22-17(24)10-8-15-7-9-16(21)27-15/h3-10H,2,11-12H2,1H3,(H,22,24)(H,23,25,26). The summed E-state index contributed by atoms with van der Waals surface area (Å²) in [5, 5.41) is 5.25. The molecule has 0 spiro atoms. The molecule has 7 heteroatoms. The van der Waals surface area contributed by atoms with E-state index in [0.29, 0.717) is 24.9 Å². The van der Waals surface area contributed by atoms with E-state index in [9.17, 15) is 14.4 Å². The van der Waals surface area contributed by atoms with Crippen molar-refractivity contribution >= 4 is 56.8 Å². The lowest BCUT2D eigenvalue weighted by atomic mass is 9.72. The number of thiophene rings is 1. The number of hydrogen-bond donors (Lipinski definition) is 2. The van der Waals surface area contributed by atoms with Gasteiger partial charge in [-0.05, 0) is 64.7 Å². The number of anilines is 1. The number of halogens is 1. The van der Waals surface area contributed by atoms with Crippen molar-refractivity contribution in [3.8, 4) is 0 Å². The van der Waals surface area contributed by atoms with Gasteiger partial charge in [0.15, 0.2) is 0 Å². The maximum Gasteiger partial charge on any atom is 0.248 e. The third-order valence-electron chi connectivity index (χ3n) is 4.77. The highest BCUT2D eigenvalue weighted by Gasteiger charge is 2.42. The molecule has 2 aromatic rings. The Morgan fingerprint density at radius 3 is 2.59 bits per heavy atom. The SMILES string of the molecule is CCC1(c2ccc(NC(=O)C=Cc3ccc(Br)s3)cc2)CCC(=O)NC1=O. The van der Waals surface area contributed by atoms with Crippen molar-refractivity contribution in [1.29, 1.82) is 0 Å². The van der Waals surface area contributed by atoms with Crippen LogP contribution in [-0.4, -0.2) is 17.7 Å². The number of imide groups is 1. The smallest absolute Gasteiger partial charge is 0.248 e. The van der Waals surface area contributed by atoms with Gasteiger partial charge in [-0.2, -0.15) is 0 Å². The highest BCUT2D eigenvalue weighted by molar-refractivity contribution is 9.11. The topological polar surface area (TPSA) is 75.3 Å². The Morgan fingerprint density at radius 1 is 1.26 bits per heavy atom. The van der Waals surface area contributed by atoms with Crippen LogP contribution in [0.5, 0.6) is 0 Å². The molecule has 140 valence electrons. The molecule has 1 aliphatic heterocycles. The second-order valence-corrected chi connectivity index (χ2v) is 8.85. The van der Waals surface area contributed by atoms with Crippen LogP contribution in [-0.2, 0) is 19.8 Å². The van der Waals surface area contributed by atoms with Gasteiger partial charge >= 0.3 is 0 Å². The molecule has 1 fully saturated rings.